The first kappa shape index (κ1) is 16.1. The van der Waals surface area contributed by atoms with Crippen molar-refractivity contribution < 1.29 is 19.1 Å². The minimum atomic E-state index is -0.978. The normalized spacial score (nSPS) is 15.7. The van der Waals surface area contributed by atoms with Crippen LogP contribution in [0, 0.1) is 0 Å². The van der Waals surface area contributed by atoms with Gasteiger partial charge in [-0.1, -0.05) is 36.4 Å². The number of amides is 1. The third-order valence-electron chi connectivity index (χ3n) is 4.22. The van der Waals surface area contributed by atoms with E-state index in [1.54, 1.807) is 35.4 Å². The highest BCUT2D eigenvalue weighted by molar-refractivity contribution is 5.87. The Bertz CT molecular complexity index is 734. The summed E-state index contributed by atoms with van der Waals surface area (Å²) in [5.41, 5.74) is 1.61. The van der Waals surface area contributed by atoms with Gasteiger partial charge in [0.15, 0.2) is 0 Å². The summed E-state index contributed by atoms with van der Waals surface area (Å²) in [6.45, 7) is 1.05. The molecule has 0 saturated heterocycles. The Hall–Kier alpha value is -2.82. The smallest absolute Gasteiger partial charge is 0.311 e. The first-order valence-electron chi connectivity index (χ1n) is 7.93. The van der Waals surface area contributed by atoms with Gasteiger partial charge in [-0.15, -0.1) is 0 Å². The van der Waals surface area contributed by atoms with E-state index in [0.717, 1.165) is 17.8 Å². The van der Waals surface area contributed by atoms with Gasteiger partial charge in [-0.2, -0.15) is 0 Å². The number of carbonyl (C=O) groups excluding carboxylic acids is 1. The van der Waals surface area contributed by atoms with E-state index in [1.165, 1.54) is 0 Å². The van der Waals surface area contributed by atoms with Gasteiger partial charge in [-0.25, -0.2) is 0 Å². The molecule has 3 rings (SSSR count). The third-order valence-corrected chi connectivity index (χ3v) is 4.22. The molecule has 1 aromatic heterocycles. The Balaban J connectivity index is 1.70. The molecule has 1 N–H and O–H groups in total. The van der Waals surface area contributed by atoms with E-state index in [1.807, 2.05) is 18.2 Å². The zero-order valence-electron chi connectivity index (χ0n) is 13.2. The number of furan rings is 1. The standard InChI is InChI=1S/C19H19NO4/c21-18(12-16(19(22)23)14-6-2-1-3-7-14)20-10-4-8-15(13-20)17-9-5-11-24-17/h1-3,5-9,11,16H,4,10,12-13H2,(H,22,23). The number of nitrogens with zero attached hydrogens (tertiary/aromatic N) is 1. The van der Waals surface area contributed by atoms with Gasteiger partial charge < -0.3 is 14.4 Å². The van der Waals surface area contributed by atoms with Crippen LogP contribution in [0.25, 0.3) is 5.57 Å². The van der Waals surface area contributed by atoms with Crippen LogP contribution < -0.4 is 0 Å². The predicted octanol–water partition coefficient (Wildman–Crippen LogP) is 3.15. The zero-order valence-corrected chi connectivity index (χ0v) is 13.2. The quantitative estimate of drug-likeness (QED) is 0.916. The van der Waals surface area contributed by atoms with Gasteiger partial charge in [-0.3, -0.25) is 9.59 Å². The molecule has 5 heteroatoms. The van der Waals surface area contributed by atoms with Crippen molar-refractivity contribution in [2.45, 2.75) is 18.8 Å². The van der Waals surface area contributed by atoms with Crippen LogP contribution in [0.4, 0.5) is 0 Å². The van der Waals surface area contributed by atoms with E-state index in [0.29, 0.717) is 18.7 Å². The molecule has 0 saturated carbocycles. The SMILES string of the molecule is O=C(O)C(CC(=O)N1CCC=C(c2ccco2)C1)c1ccccc1. The fourth-order valence-corrected chi connectivity index (χ4v) is 2.93. The molecule has 1 aliphatic heterocycles. The first-order chi connectivity index (χ1) is 11.6. The Morgan fingerprint density at radius 1 is 1.17 bits per heavy atom. The van der Waals surface area contributed by atoms with E-state index in [4.69, 9.17) is 4.42 Å². The number of hydrogen-bond acceptors (Lipinski definition) is 3. The van der Waals surface area contributed by atoms with Crippen LogP contribution in [0.1, 0.15) is 30.1 Å². The molecule has 0 aliphatic carbocycles. The highest BCUT2D eigenvalue weighted by Crippen LogP contribution is 2.25. The van der Waals surface area contributed by atoms with Crippen molar-refractivity contribution in [1.82, 2.24) is 4.90 Å². The molecule has 0 radical (unpaired) electrons. The molecule has 1 atom stereocenters. The second kappa shape index (κ2) is 7.17. The molecule has 1 amide bonds. The molecule has 1 aromatic carbocycles. The van der Waals surface area contributed by atoms with E-state index < -0.39 is 11.9 Å². The molecule has 124 valence electrons. The average Bonchev–Trinajstić information content (AvgIpc) is 3.15. The Kier molecular flexibility index (Phi) is 4.79. The van der Waals surface area contributed by atoms with Crippen molar-refractivity contribution in [3.63, 3.8) is 0 Å². The molecule has 5 nitrogen and oxygen atoms in total. The van der Waals surface area contributed by atoms with Crippen LogP contribution in [0.5, 0.6) is 0 Å². The Morgan fingerprint density at radius 2 is 1.96 bits per heavy atom. The molecule has 0 fully saturated rings. The van der Waals surface area contributed by atoms with Crippen LogP contribution in [0.2, 0.25) is 0 Å². The highest BCUT2D eigenvalue weighted by Gasteiger charge is 2.27. The van der Waals surface area contributed by atoms with Crippen molar-refractivity contribution in [3.8, 4) is 0 Å². The molecule has 1 unspecified atom stereocenters. The lowest BCUT2D eigenvalue weighted by Gasteiger charge is -2.28. The average molecular weight is 325 g/mol. The monoisotopic (exact) mass is 325 g/mol. The Labute approximate surface area is 140 Å². The lowest BCUT2D eigenvalue weighted by atomic mass is 9.94. The van der Waals surface area contributed by atoms with Crippen molar-refractivity contribution >= 4 is 17.4 Å². The van der Waals surface area contributed by atoms with Gasteiger partial charge in [0.1, 0.15) is 5.76 Å². The molecule has 2 aromatic rings. The zero-order chi connectivity index (χ0) is 16.9. The summed E-state index contributed by atoms with van der Waals surface area (Å²) in [7, 11) is 0. The second-order valence-electron chi connectivity index (χ2n) is 5.82. The molecule has 24 heavy (non-hydrogen) atoms. The summed E-state index contributed by atoms with van der Waals surface area (Å²) in [6.07, 6.45) is 4.37. The maximum absolute atomic E-state index is 12.6. The molecule has 2 heterocycles. The van der Waals surface area contributed by atoms with Crippen molar-refractivity contribution in [3.05, 3.63) is 66.1 Å². The fraction of sp³-hybridized carbons (Fsp3) is 0.263. The maximum Gasteiger partial charge on any atom is 0.311 e. The van der Waals surface area contributed by atoms with E-state index in [2.05, 4.69) is 6.08 Å². The summed E-state index contributed by atoms with van der Waals surface area (Å²) < 4.78 is 5.39. The summed E-state index contributed by atoms with van der Waals surface area (Å²) in [4.78, 5) is 25.9. The lowest BCUT2D eigenvalue weighted by Crippen LogP contribution is -2.37. The predicted molar refractivity (Wildman–Crippen MR) is 89.3 cm³/mol. The number of benzene rings is 1. The van der Waals surface area contributed by atoms with Gasteiger partial charge in [0.05, 0.1) is 12.2 Å². The number of aliphatic carboxylic acids is 1. The maximum atomic E-state index is 12.6. The Morgan fingerprint density at radius 3 is 2.62 bits per heavy atom. The fourth-order valence-electron chi connectivity index (χ4n) is 2.93. The second-order valence-corrected chi connectivity index (χ2v) is 5.82. The van der Waals surface area contributed by atoms with Gasteiger partial charge >= 0.3 is 5.97 Å². The third kappa shape index (κ3) is 3.56. The van der Waals surface area contributed by atoms with Crippen LogP contribution in [0.15, 0.2) is 59.2 Å². The summed E-state index contributed by atoms with van der Waals surface area (Å²) in [5.74, 6) is -1.20. The van der Waals surface area contributed by atoms with E-state index in [9.17, 15) is 14.7 Å². The molecule has 1 aliphatic rings. The van der Waals surface area contributed by atoms with Gasteiger partial charge in [-0.05, 0) is 24.1 Å². The lowest BCUT2D eigenvalue weighted by molar-refractivity contribution is -0.142. The van der Waals surface area contributed by atoms with E-state index >= 15 is 0 Å². The van der Waals surface area contributed by atoms with Crippen LogP contribution in [-0.2, 0) is 9.59 Å². The minimum Gasteiger partial charge on any atom is -0.481 e. The number of rotatable bonds is 5. The molecule has 0 spiro atoms. The van der Waals surface area contributed by atoms with Crippen LogP contribution in [0.3, 0.4) is 0 Å². The first-order valence-corrected chi connectivity index (χ1v) is 7.93. The number of carboxylic acid groups (broad SMARTS) is 1. The highest BCUT2D eigenvalue weighted by atomic mass is 16.4. The molecular weight excluding hydrogens is 306 g/mol. The van der Waals surface area contributed by atoms with Crippen LogP contribution in [-0.4, -0.2) is 35.0 Å². The van der Waals surface area contributed by atoms with Gasteiger partial charge in [0.2, 0.25) is 5.91 Å². The summed E-state index contributed by atoms with van der Waals surface area (Å²) in [6, 6.07) is 12.6. The van der Waals surface area contributed by atoms with Crippen molar-refractivity contribution in [2.24, 2.45) is 0 Å². The summed E-state index contributed by atoms with van der Waals surface area (Å²) in [5, 5.41) is 9.48. The number of carbonyl (C=O) groups is 2. The van der Waals surface area contributed by atoms with Gasteiger partial charge in [0.25, 0.3) is 0 Å². The van der Waals surface area contributed by atoms with Crippen molar-refractivity contribution in [1.29, 1.82) is 0 Å². The van der Waals surface area contributed by atoms with Crippen LogP contribution >= 0.6 is 0 Å². The van der Waals surface area contributed by atoms with E-state index in [-0.39, 0.29) is 12.3 Å². The number of hydrogen-bond donors (Lipinski definition) is 1. The minimum absolute atomic E-state index is 0.0369. The topological polar surface area (TPSA) is 70.8 Å². The molecular formula is C19H19NO4. The molecule has 0 bridgehead atoms. The largest absolute Gasteiger partial charge is 0.481 e. The summed E-state index contributed by atoms with van der Waals surface area (Å²) >= 11 is 0. The van der Waals surface area contributed by atoms with Gasteiger partial charge in [0, 0.05) is 25.1 Å². The number of carboxylic acids is 1. The van der Waals surface area contributed by atoms with Crippen molar-refractivity contribution in [2.75, 3.05) is 13.1 Å².